The van der Waals surface area contributed by atoms with Gasteiger partial charge in [0.1, 0.15) is 12.9 Å². The van der Waals surface area contributed by atoms with E-state index in [-0.39, 0.29) is 24.7 Å². The lowest BCUT2D eigenvalue weighted by atomic mass is 10.0. The molecule has 1 fully saturated rings. The summed E-state index contributed by atoms with van der Waals surface area (Å²) in [6, 6.07) is 9.94. The Hall–Kier alpha value is -1.96. The first-order chi connectivity index (χ1) is 14.1. The lowest BCUT2D eigenvalue weighted by molar-refractivity contribution is -0.148. The molecule has 0 radical (unpaired) electrons. The molecular weight excluding hydrogens is 372 g/mol. The maximum atomic E-state index is 13.1. The molecule has 0 bridgehead atoms. The van der Waals surface area contributed by atoms with E-state index in [1.807, 2.05) is 35.2 Å². The van der Waals surface area contributed by atoms with Gasteiger partial charge in [0.15, 0.2) is 0 Å². The van der Waals surface area contributed by atoms with Gasteiger partial charge in [0.2, 0.25) is 5.91 Å². The number of ether oxygens (including phenoxy) is 3. The number of likely N-dealkylation sites (tertiary alicyclic amines) is 1. The minimum atomic E-state index is -0.495. The number of rotatable bonds is 13. The van der Waals surface area contributed by atoms with E-state index in [1.54, 1.807) is 7.11 Å². The number of benzene rings is 1. The highest BCUT2D eigenvalue weighted by Gasteiger charge is 2.29. The standard InChI is InChI=1S/C22H34N2O5/c1-27-17-29-19-11-13-24(14-12-19)22(26)20(16-18-8-4-2-5-9-18)28-15-7-3-6-10-21(23)25/h2,4-5,8-9,19-20H,3,6-7,10-17H2,1H3,(H2,23,25)/t20-/m0/s1. The molecule has 0 aliphatic carbocycles. The number of nitrogens with zero attached hydrogens (tertiary/aromatic N) is 1. The van der Waals surface area contributed by atoms with Gasteiger partial charge in [-0.1, -0.05) is 36.8 Å². The van der Waals surface area contributed by atoms with Gasteiger partial charge in [-0.05, 0) is 31.2 Å². The Bertz CT molecular complexity index is 602. The predicted octanol–water partition coefficient (Wildman–Crippen LogP) is 2.27. The maximum absolute atomic E-state index is 13.1. The van der Waals surface area contributed by atoms with Crippen LogP contribution in [-0.4, -0.2) is 62.5 Å². The molecule has 29 heavy (non-hydrogen) atoms. The molecule has 162 valence electrons. The van der Waals surface area contributed by atoms with Crippen LogP contribution in [0.4, 0.5) is 0 Å². The zero-order valence-electron chi connectivity index (χ0n) is 17.4. The number of methoxy groups -OCH3 is 1. The Labute approximate surface area is 173 Å². The van der Waals surface area contributed by atoms with E-state index >= 15 is 0 Å². The van der Waals surface area contributed by atoms with E-state index in [4.69, 9.17) is 19.9 Å². The summed E-state index contributed by atoms with van der Waals surface area (Å²) >= 11 is 0. The second kappa shape index (κ2) is 13.3. The van der Waals surface area contributed by atoms with Crippen molar-refractivity contribution in [1.29, 1.82) is 0 Å². The number of piperidine rings is 1. The smallest absolute Gasteiger partial charge is 0.252 e. The normalized spacial score (nSPS) is 16.0. The average Bonchev–Trinajstić information content (AvgIpc) is 2.74. The van der Waals surface area contributed by atoms with E-state index in [0.717, 1.165) is 37.7 Å². The first-order valence-electron chi connectivity index (χ1n) is 10.4. The molecule has 0 spiro atoms. The molecule has 1 heterocycles. The molecule has 2 N–H and O–H groups in total. The summed E-state index contributed by atoms with van der Waals surface area (Å²) < 4.78 is 16.6. The van der Waals surface area contributed by atoms with Crippen LogP contribution in [0.3, 0.4) is 0 Å². The molecule has 1 saturated heterocycles. The van der Waals surface area contributed by atoms with Crippen LogP contribution < -0.4 is 5.73 Å². The maximum Gasteiger partial charge on any atom is 0.252 e. The lowest BCUT2D eigenvalue weighted by Crippen LogP contribution is -2.47. The van der Waals surface area contributed by atoms with Crippen molar-refractivity contribution < 1.29 is 23.8 Å². The topological polar surface area (TPSA) is 91.1 Å². The molecule has 1 aromatic carbocycles. The molecule has 0 saturated carbocycles. The Balaban J connectivity index is 1.85. The molecule has 7 nitrogen and oxygen atoms in total. The third-order valence-corrected chi connectivity index (χ3v) is 5.10. The predicted molar refractivity (Wildman–Crippen MR) is 110 cm³/mol. The highest BCUT2D eigenvalue weighted by molar-refractivity contribution is 5.81. The zero-order valence-corrected chi connectivity index (χ0v) is 17.4. The van der Waals surface area contributed by atoms with Crippen molar-refractivity contribution in [2.75, 3.05) is 33.6 Å². The number of carbonyl (C=O) groups is 2. The SMILES string of the molecule is COCOC1CCN(C(=O)[C@H](Cc2ccccc2)OCCCCCC(N)=O)CC1. The second-order valence-electron chi connectivity index (χ2n) is 7.42. The first-order valence-corrected chi connectivity index (χ1v) is 10.4. The van der Waals surface area contributed by atoms with Crippen LogP contribution in [0.2, 0.25) is 0 Å². The van der Waals surface area contributed by atoms with Gasteiger partial charge in [0, 0.05) is 39.6 Å². The van der Waals surface area contributed by atoms with Gasteiger partial charge in [-0.2, -0.15) is 0 Å². The van der Waals surface area contributed by atoms with Crippen molar-refractivity contribution in [3.63, 3.8) is 0 Å². The van der Waals surface area contributed by atoms with Crippen LogP contribution in [-0.2, 0) is 30.2 Å². The van der Waals surface area contributed by atoms with E-state index in [0.29, 0.717) is 32.5 Å². The monoisotopic (exact) mass is 406 g/mol. The summed E-state index contributed by atoms with van der Waals surface area (Å²) in [5, 5.41) is 0. The molecule has 7 heteroatoms. The fourth-order valence-corrected chi connectivity index (χ4v) is 3.46. The fourth-order valence-electron chi connectivity index (χ4n) is 3.46. The van der Waals surface area contributed by atoms with Crippen molar-refractivity contribution in [1.82, 2.24) is 4.90 Å². The number of amides is 2. The molecule has 0 unspecified atom stereocenters. The fraction of sp³-hybridized carbons (Fsp3) is 0.636. The van der Waals surface area contributed by atoms with Crippen LogP contribution in [0.15, 0.2) is 30.3 Å². The molecule has 1 aliphatic rings. The lowest BCUT2D eigenvalue weighted by Gasteiger charge is -2.34. The third-order valence-electron chi connectivity index (χ3n) is 5.10. The van der Waals surface area contributed by atoms with Crippen LogP contribution in [0.1, 0.15) is 44.1 Å². The zero-order chi connectivity index (χ0) is 20.9. The summed E-state index contributed by atoms with van der Waals surface area (Å²) in [5.74, 6) is -0.239. The summed E-state index contributed by atoms with van der Waals surface area (Å²) in [6.45, 7) is 2.12. The highest BCUT2D eigenvalue weighted by Crippen LogP contribution is 2.17. The Morgan fingerprint density at radius 1 is 1.14 bits per heavy atom. The minimum Gasteiger partial charge on any atom is -0.370 e. The van der Waals surface area contributed by atoms with E-state index in [1.165, 1.54) is 0 Å². The van der Waals surface area contributed by atoms with Crippen molar-refractivity contribution in [2.45, 2.75) is 57.2 Å². The van der Waals surface area contributed by atoms with Crippen molar-refractivity contribution in [2.24, 2.45) is 5.73 Å². The quantitative estimate of drug-likeness (QED) is 0.401. The van der Waals surface area contributed by atoms with Crippen LogP contribution in [0.25, 0.3) is 0 Å². The molecule has 2 amide bonds. The summed E-state index contributed by atoms with van der Waals surface area (Å²) in [6.07, 6.45) is 4.62. The molecule has 1 atom stereocenters. The van der Waals surface area contributed by atoms with E-state index in [2.05, 4.69) is 0 Å². The number of unbranched alkanes of at least 4 members (excludes halogenated alkanes) is 2. The molecule has 1 aliphatic heterocycles. The number of carbonyl (C=O) groups excluding carboxylic acids is 2. The van der Waals surface area contributed by atoms with Gasteiger partial charge in [-0.25, -0.2) is 0 Å². The summed E-state index contributed by atoms with van der Waals surface area (Å²) in [5.41, 5.74) is 6.25. The van der Waals surface area contributed by atoms with Crippen LogP contribution in [0.5, 0.6) is 0 Å². The summed E-state index contributed by atoms with van der Waals surface area (Å²) in [7, 11) is 1.61. The van der Waals surface area contributed by atoms with Crippen molar-refractivity contribution >= 4 is 11.8 Å². The largest absolute Gasteiger partial charge is 0.370 e. The Kier molecular flexibility index (Phi) is 10.7. The molecule has 1 aromatic rings. The van der Waals surface area contributed by atoms with Crippen molar-refractivity contribution in [3.05, 3.63) is 35.9 Å². The van der Waals surface area contributed by atoms with Crippen LogP contribution in [0, 0.1) is 0 Å². The van der Waals surface area contributed by atoms with Gasteiger partial charge in [-0.3, -0.25) is 9.59 Å². The molecule has 2 rings (SSSR count). The third kappa shape index (κ3) is 8.94. The van der Waals surface area contributed by atoms with E-state index in [9.17, 15) is 9.59 Å². The number of nitrogens with two attached hydrogens (primary N) is 1. The van der Waals surface area contributed by atoms with Gasteiger partial charge in [0.05, 0.1) is 6.10 Å². The Morgan fingerprint density at radius 3 is 2.52 bits per heavy atom. The second-order valence-corrected chi connectivity index (χ2v) is 7.42. The van der Waals surface area contributed by atoms with Gasteiger partial charge in [-0.15, -0.1) is 0 Å². The molecular formula is C22H34N2O5. The van der Waals surface area contributed by atoms with Gasteiger partial charge < -0.3 is 24.8 Å². The Morgan fingerprint density at radius 2 is 1.86 bits per heavy atom. The van der Waals surface area contributed by atoms with Gasteiger partial charge >= 0.3 is 0 Å². The van der Waals surface area contributed by atoms with E-state index < -0.39 is 6.10 Å². The molecule has 0 aromatic heterocycles. The minimum absolute atomic E-state index is 0.0381. The number of hydrogen-bond donors (Lipinski definition) is 1. The average molecular weight is 407 g/mol. The summed E-state index contributed by atoms with van der Waals surface area (Å²) in [4.78, 5) is 25.8. The first kappa shape index (κ1) is 23.3. The van der Waals surface area contributed by atoms with Gasteiger partial charge in [0.25, 0.3) is 5.91 Å². The highest BCUT2D eigenvalue weighted by atomic mass is 16.7. The van der Waals surface area contributed by atoms with Crippen LogP contribution >= 0.6 is 0 Å². The number of hydrogen-bond acceptors (Lipinski definition) is 5. The van der Waals surface area contributed by atoms with Crippen molar-refractivity contribution in [3.8, 4) is 0 Å². The number of primary amides is 1.